The van der Waals surface area contributed by atoms with Crippen molar-refractivity contribution in [3.8, 4) is 6.07 Å². The van der Waals surface area contributed by atoms with E-state index in [9.17, 15) is 0 Å². The largest absolute Gasteiger partial charge is 0.198 e. The van der Waals surface area contributed by atoms with E-state index in [1.807, 2.05) is 0 Å². The summed E-state index contributed by atoms with van der Waals surface area (Å²) >= 11 is 0. The molecular formula is C10H17N. The first-order valence-corrected chi connectivity index (χ1v) is 4.70. The van der Waals surface area contributed by atoms with Gasteiger partial charge in [0.15, 0.2) is 0 Å². The van der Waals surface area contributed by atoms with E-state index < -0.39 is 0 Å². The average molecular weight is 151 g/mol. The van der Waals surface area contributed by atoms with E-state index in [2.05, 4.69) is 13.0 Å². The number of hydrogen-bond donors (Lipinski definition) is 0. The van der Waals surface area contributed by atoms with E-state index >= 15 is 0 Å². The van der Waals surface area contributed by atoms with E-state index in [-0.39, 0.29) is 0 Å². The number of nitriles is 1. The van der Waals surface area contributed by atoms with Crippen molar-refractivity contribution in [2.75, 3.05) is 0 Å². The standard InChI is InChI=1S/C10H17N/c1-9-4-6-10(7-5-9)3-2-8-11/h9-10H,2-7H2,1H3. The SMILES string of the molecule is CC1CCC(CCC#N)CC1. The van der Waals surface area contributed by atoms with Crippen LogP contribution in [0.4, 0.5) is 0 Å². The number of rotatable bonds is 2. The molecule has 0 spiro atoms. The zero-order chi connectivity index (χ0) is 8.10. The maximum absolute atomic E-state index is 8.40. The molecule has 1 fully saturated rings. The molecule has 0 heterocycles. The van der Waals surface area contributed by atoms with Crippen LogP contribution in [0.15, 0.2) is 0 Å². The molecule has 0 aromatic carbocycles. The summed E-state index contributed by atoms with van der Waals surface area (Å²) in [6.07, 6.45) is 7.40. The molecule has 0 bridgehead atoms. The molecular weight excluding hydrogens is 134 g/mol. The fourth-order valence-electron chi connectivity index (χ4n) is 1.89. The predicted octanol–water partition coefficient (Wildman–Crippen LogP) is 3.12. The first-order chi connectivity index (χ1) is 5.33. The molecule has 0 saturated heterocycles. The van der Waals surface area contributed by atoms with Crippen molar-refractivity contribution < 1.29 is 0 Å². The van der Waals surface area contributed by atoms with Crippen molar-refractivity contribution in [2.24, 2.45) is 11.8 Å². The van der Waals surface area contributed by atoms with Gasteiger partial charge in [0.2, 0.25) is 0 Å². The Morgan fingerprint density at radius 1 is 1.27 bits per heavy atom. The van der Waals surface area contributed by atoms with Crippen molar-refractivity contribution in [2.45, 2.75) is 45.4 Å². The molecule has 1 rings (SSSR count). The van der Waals surface area contributed by atoms with E-state index in [1.165, 1.54) is 25.7 Å². The lowest BCUT2D eigenvalue weighted by atomic mass is 9.81. The Hall–Kier alpha value is -0.510. The first-order valence-electron chi connectivity index (χ1n) is 4.70. The zero-order valence-corrected chi connectivity index (χ0v) is 7.34. The minimum absolute atomic E-state index is 0.763. The summed E-state index contributed by atoms with van der Waals surface area (Å²) in [5.41, 5.74) is 0. The molecule has 0 amide bonds. The van der Waals surface area contributed by atoms with Crippen LogP contribution < -0.4 is 0 Å². The number of nitrogens with zero attached hydrogens (tertiary/aromatic N) is 1. The summed E-state index contributed by atoms with van der Waals surface area (Å²) in [4.78, 5) is 0. The predicted molar refractivity (Wildman–Crippen MR) is 46.0 cm³/mol. The Morgan fingerprint density at radius 3 is 2.45 bits per heavy atom. The molecule has 1 saturated carbocycles. The fraction of sp³-hybridized carbons (Fsp3) is 0.900. The van der Waals surface area contributed by atoms with Crippen LogP contribution >= 0.6 is 0 Å². The summed E-state index contributed by atoms with van der Waals surface area (Å²) in [5.74, 6) is 1.80. The molecule has 1 nitrogen and oxygen atoms in total. The fourth-order valence-corrected chi connectivity index (χ4v) is 1.89. The van der Waals surface area contributed by atoms with Gasteiger partial charge in [-0.15, -0.1) is 0 Å². The summed E-state index contributed by atoms with van der Waals surface area (Å²) in [7, 11) is 0. The quantitative estimate of drug-likeness (QED) is 0.595. The molecule has 1 aliphatic rings. The normalized spacial score (nSPS) is 31.3. The third-order valence-corrected chi connectivity index (χ3v) is 2.80. The second-order valence-electron chi connectivity index (χ2n) is 3.82. The third-order valence-electron chi connectivity index (χ3n) is 2.80. The molecule has 0 N–H and O–H groups in total. The van der Waals surface area contributed by atoms with Gasteiger partial charge in [0.05, 0.1) is 6.07 Å². The minimum atomic E-state index is 0.763. The van der Waals surface area contributed by atoms with E-state index in [0.717, 1.165) is 24.7 Å². The smallest absolute Gasteiger partial charge is 0.0621 e. The van der Waals surface area contributed by atoms with Crippen LogP contribution in [-0.4, -0.2) is 0 Å². The number of hydrogen-bond acceptors (Lipinski definition) is 1. The lowest BCUT2D eigenvalue weighted by molar-refractivity contribution is 0.279. The van der Waals surface area contributed by atoms with Gasteiger partial charge in [0.1, 0.15) is 0 Å². The first kappa shape index (κ1) is 8.59. The molecule has 0 unspecified atom stereocenters. The minimum Gasteiger partial charge on any atom is -0.198 e. The zero-order valence-electron chi connectivity index (χ0n) is 7.34. The van der Waals surface area contributed by atoms with Crippen LogP contribution in [-0.2, 0) is 0 Å². The van der Waals surface area contributed by atoms with Gasteiger partial charge in [0, 0.05) is 6.42 Å². The van der Waals surface area contributed by atoms with Crippen LogP contribution in [0.3, 0.4) is 0 Å². The van der Waals surface area contributed by atoms with Gasteiger partial charge in [0.25, 0.3) is 0 Å². The third kappa shape index (κ3) is 2.93. The van der Waals surface area contributed by atoms with Gasteiger partial charge >= 0.3 is 0 Å². The van der Waals surface area contributed by atoms with Gasteiger partial charge in [-0.1, -0.05) is 32.6 Å². The second-order valence-corrected chi connectivity index (χ2v) is 3.82. The molecule has 0 radical (unpaired) electrons. The maximum Gasteiger partial charge on any atom is 0.0621 e. The van der Waals surface area contributed by atoms with Crippen LogP contribution in [0.2, 0.25) is 0 Å². The van der Waals surface area contributed by atoms with Crippen molar-refractivity contribution in [1.82, 2.24) is 0 Å². The van der Waals surface area contributed by atoms with Gasteiger partial charge in [-0.3, -0.25) is 0 Å². The van der Waals surface area contributed by atoms with Crippen molar-refractivity contribution >= 4 is 0 Å². The van der Waals surface area contributed by atoms with Crippen molar-refractivity contribution in [1.29, 1.82) is 5.26 Å². The lowest BCUT2D eigenvalue weighted by Gasteiger charge is -2.25. The Kier molecular flexibility index (Phi) is 3.42. The van der Waals surface area contributed by atoms with Gasteiger partial charge in [-0.05, 0) is 18.3 Å². The van der Waals surface area contributed by atoms with Crippen LogP contribution in [0.5, 0.6) is 0 Å². The van der Waals surface area contributed by atoms with Gasteiger partial charge in [-0.2, -0.15) is 5.26 Å². The van der Waals surface area contributed by atoms with Crippen LogP contribution in [0, 0.1) is 23.2 Å². The Bertz CT molecular complexity index is 137. The summed E-state index contributed by atoms with van der Waals surface area (Å²) in [6.45, 7) is 2.33. The Labute approximate surface area is 69.4 Å². The maximum atomic E-state index is 8.40. The highest BCUT2D eigenvalue weighted by molar-refractivity contribution is 4.75. The van der Waals surface area contributed by atoms with E-state index in [0.29, 0.717) is 0 Å². The second kappa shape index (κ2) is 4.38. The molecule has 0 atom stereocenters. The van der Waals surface area contributed by atoms with Gasteiger partial charge < -0.3 is 0 Å². The summed E-state index contributed by atoms with van der Waals surface area (Å²) < 4.78 is 0. The molecule has 0 aliphatic heterocycles. The highest BCUT2D eigenvalue weighted by Gasteiger charge is 2.17. The molecule has 62 valence electrons. The van der Waals surface area contributed by atoms with Crippen molar-refractivity contribution in [3.63, 3.8) is 0 Å². The van der Waals surface area contributed by atoms with E-state index in [1.54, 1.807) is 0 Å². The Morgan fingerprint density at radius 2 is 1.91 bits per heavy atom. The Balaban J connectivity index is 2.13. The molecule has 0 aromatic heterocycles. The average Bonchev–Trinajstić information content (AvgIpc) is 2.04. The lowest BCUT2D eigenvalue weighted by Crippen LogP contribution is -2.11. The van der Waals surface area contributed by atoms with Crippen LogP contribution in [0.25, 0.3) is 0 Å². The molecule has 11 heavy (non-hydrogen) atoms. The monoisotopic (exact) mass is 151 g/mol. The van der Waals surface area contributed by atoms with E-state index in [4.69, 9.17) is 5.26 Å². The highest BCUT2D eigenvalue weighted by atomic mass is 14.3. The highest BCUT2D eigenvalue weighted by Crippen LogP contribution is 2.30. The van der Waals surface area contributed by atoms with Crippen LogP contribution in [0.1, 0.15) is 45.4 Å². The summed E-state index contributed by atoms with van der Waals surface area (Å²) in [6, 6.07) is 2.23. The molecule has 1 aliphatic carbocycles. The van der Waals surface area contributed by atoms with Gasteiger partial charge in [-0.25, -0.2) is 0 Å². The summed E-state index contributed by atoms with van der Waals surface area (Å²) in [5, 5.41) is 8.40. The molecule has 1 heteroatoms. The van der Waals surface area contributed by atoms with Crippen molar-refractivity contribution in [3.05, 3.63) is 0 Å². The topological polar surface area (TPSA) is 23.8 Å². The molecule has 0 aromatic rings.